The van der Waals surface area contributed by atoms with Crippen molar-refractivity contribution in [1.82, 2.24) is 10.2 Å². The Bertz CT molecular complexity index is 367. The highest BCUT2D eigenvalue weighted by Gasteiger charge is 2.45. The van der Waals surface area contributed by atoms with Gasteiger partial charge in [0, 0.05) is 6.54 Å². The molecule has 20 heavy (non-hydrogen) atoms. The highest BCUT2D eigenvalue weighted by atomic mass is 16.2. The first-order valence-corrected chi connectivity index (χ1v) is 7.74. The van der Waals surface area contributed by atoms with Gasteiger partial charge in [-0.15, -0.1) is 0 Å². The van der Waals surface area contributed by atoms with Crippen LogP contribution in [0.4, 0.5) is 0 Å². The van der Waals surface area contributed by atoms with Crippen molar-refractivity contribution < 1.29 is 9.59 Å². The van der Waals surface area contributed by atoms with Crippen molar-refractivity contribution in [3.63, 3.8) is 0 Å². The monoisotopic (exact) mass is 282 g/mol. The van der Waals surface area contributed by atoms with E-state index in [2.05, 4.69) is 33.0 Å². The molecule has 0 saturated carbocycles. The van der Waals surface area contributed by atoms with Gasteiger partial charge in [-0.2, -0.15) is 0 Å². The molecular formula is C16H30N2O2. The maximum atomic E-state index is 12.7. The Morgan fingerprint density at radius 2 is 1.65 bits per heavy atom. The predicted octanol–water partition coefficient (Wildman–Crippen LogP) is 2.43. The average Bonchev–Trinajstić information content (AvgIpc) is 2.30. The molecule has 0 aliphatic carbocycles. The lowest BCUT2D eigenvalue weighted by molar-refractivity contribution is -0.155. The molecule has 0 spiro atoms. The van der Waals surface area contributed by atoms with Gasteiger partial charge in [-0.25, -0.2) is 0 Å². The normalized spacial score (nSPS) is 22.9. The molecule has 1 atom stereocenters. The lowest BCUT2D eigenvalue weighted by Crippen LogP contribution is -2.68. The quantitative estimate of drug-likeness (QED) is 0.842. The van der Waals surface area contributed by atoms with E-state index in [1.165, 1.54) is 0 Å². The molecule has 0 radical (unpaired) electrons. The minimum absolute atomic E-state index is 0.0247. The zero-order valence-corrected chi connectivity index (χ0v) is 14.0. The van der Waals surface area contributed by atoms with E-state index in [9.17, 15) is 9.59 Å². The van der Waals surface area contributed by atoms with Gasteiger partial charge < -0.3 is 10.2 Å². The maximum absolute atomic E-state index is 12.7. The summed E-state index contributed by atoms with van der Waals surface area (Å²) < 4.78 is 0. The van der Waals surface area contributed by atoms with Gasteiger partial charge in [-0.05, 0) is 38.0 Å². The topological polar surface area (TPSA) is 49.4 Å². The number of piperazine rings is 1. The Kier molecular flexibility index (Phi) is 5.22. The smallest absolute Gasteiger partial charge is 0.248 e. The second-order valence-corrected chi connectivity index (χ2v) is 7.15. The summed E-state index contributed by atoms with van der Waals surface area (Å²) in [6.45, 7) is 14.9. The van der Waals surface area contributed by atoms with E-state index in [0.29, 0.717) is 30.7 Å². The third-order valence-electron chi connectivity index (χ3n) is 4.42. The van der Waals surface area contributed by atoms with E-state index in [1.807, 2.05) is 11.8 Å². The van der Waals surface area contributed by atoms with Crippen molar-refractivity contribution in [2.75, 3.05) is 6.54 Å². The molecule has 1 unspecified atom stereocenters. The minimum Gasteiger partial charge on any atom is -0.340 e. The summed E-state index contributed by atoms with van der Waals surface area (Å²) in [6.07, 6.45) is 0.663. The van der Waals surface area contributed by atoms with Gasteiger partial charge in [-0.1, -0.05) is 34.6 Å². The number of carbonyl (C=O) groups is 2. The van der Waals surface area contributed by atoms with E-state index in [1.54, 1.807) is 13.8 Å². The number of carbonyl (C=O) groups excluding carboxylic acids is 2. The van der Waals surface area contributed by atoms with Crippen molar-refractivity contribution in [2.24, 2.45) is 17.8 Å². The molecule has 0 aromatic carbocycles. The highest BCUT2D eigenvalue weighted by Crippen LogP contribution is 2.27. The lowest BCUT2D eigenvalue weighted by atomic mass is 9.83. The van der Waals surface area contributed by atoms with E-state index >= 15 is 0 Å². The molecule has 1 aliphatic rings. The average molecular weight is 282 g/mol. The summed E-state index contributed by atoms with van der Waals surface area (Å²) in [5, 5.41) is 2.84. The molecule has 0 aromatic rings. The number of nitrogens with zero attached hydrogens (tertiary/aromatic N) is 1. The van der Waals surface area contributed by atoms with Crippen LogP contribution >= 0.6 is 0 Å². The Morgan fingerprint density at radius 3 is 2.05 bits per heavy atom. The second kappa shape index (κ2) is 6.15. The van der Waals surface area contributed by atoms with Crippen LogP contribution in [0.25, 0.3) is 0 Å². The van der Waals surface area contributed by atoms with Crippen molar-refractivity contribution in [3.8, 4) is 0 Å². The fourth-order valence-electron chi connectivity index (χ4n) is 3.12. The summed E-state index contributed by atoms with van der Waals surface area (Å²) in [6, 6.07) is -0.324. The van der Waals surface area contributed by atoms with Crippen LogP contribution < -0.4 is 5.32 Å². The highest BCUT2D eigenvalue weighted by molar-refractivity contribution is 5.99. The Morgan fingerprint density at radius 1 is 1.15 bits per heavy atom. The van der Waals surface area contributed by atoms with E-state index in [0.717, 1.165) is 0 Å². The van der Waals surface area contributed by atoms with E-state index in [4.69, 9.17) is 0 Å². The van der Waals surface area contributed by atoms with Gasteiger partial charge in [-0.3, -0.25) is 9.59 Å². The van der Waals surface area contributed by atoms with Gasteiger partial charge in [0.15, 0.2) is 0 Å². The van der Waals surface area contributed by atoms with Crippen molar-refractivity contribution in [2.45, 2.75) is 66.5 Å². The van der Waals surface area contributed by atoms with Crippen LogP contribution in [0.5, 0.6) is 0 Å². The number of rotatable bonds is 5. The molecule has 2 amide bonds. The molecule has 4 heteroatoms. The molecule has 1 N–H and O–H groups in total. The van der Waals surface area contributed by atoms with Gasteiger partial charge >= 0.3 is 0 Å². The fraction of sp³-hybridized carbons (Fsp3) is 0.875. The largest absolute Gasteiger partial charge is 0.340 e. The standard InChI is InChI=1S/C16H30N2O2/c1-8-13-14(19)17-16(6,7)15(20)18(13)9-12(10(2)3)11(4)5/h10-13H,8-9H2,1-7H3,(H,17,19). The fourth-order valence-corrected chi connectivity index (χ4v) is 3.12. The second-order valence-electron chi connectivity index (χ2n) is 7.15. The van der Waals surface area contributed by atoms with Crippen LogP contribution in [-0.2, 0) is 9.59 Å². The SMILES string of the molecule is CCC1C(=O)NC(C)(C)C(=O)N1CC(C(C)C)C(C)C. The van der Waals surface area contributed by atoms with Crippen molar-refractivity contribution in [1.29, 1.82) is 0 Å². The van der Waals surface area contributed by atoms with Gasteiger partial charge in [0.05, 0.1) is 0 Å². The van der Waals surface area contributed by atoms with Gasteiger partial charge in [0.25, 0.3) is 0 Å². The Balaban J connectivity index is 3.03. The van der Waals surface area contributed by atoms with Crippen LogP contribution in [-0.4, -0.2) is 34.8 Å². The number of hydrogen-bond donors (Lipinski definition) is 1. The number of nitrogens with one attached hydrogen (secondary N) is 1. The molecule has 1 fully saturated rings. The molecule has 1 heterocycles. The zero-order chi connectivity index (χ0) is 15.7. The molecule has 0 aromatic heterocycles. The summed E-state index contributed by atoms with van der Waals surface area (Å²) in [4.78, 5) is 26.7. The van der Waals surface area contributed by atoms with Crippen molar-refractivity contribution in [3.05, 3.63) is 0 Å². The van der Waals surface area contributed by atoms with Crippen LogP contribution in [0.1, 0.15) is 54.9 Å². The van der Waals surface area contributed by atoms with E-state index in [-0.39, 0.29) is 17.9 Å². The minimum atomic E-state index is -0.790. The van der Waals surface area contributed by atoms with Crippen LogP contribution in [0.15, 0.2) is 0 Å². The Hall–Kier alpha value is -1.06. The zero-order valence-electron chi connectivity index (χ0n) is 14.0. The molecular weight excluding hydrogens is 252 g/mol. The third kappa shape index (κ3) is 3.33. The third-order valence-corrected chi connectivity index (χ3v) is 4.42. The number of hydrogen-bond acceptors (Lipinski definition) is 2. The molecule has 0 bridgehead atoms. The Labute approximate surface area is 123 Å². The van der Waals surface area contributed by atoms with Crippen molar-refractivity contribution >= 4 is 11.8 Å². The summed E-state index contributed by atoms with van der Waals surface area (Å²) >= 11 is 0. The first-order chi connectivity index (χ1) is 9.11. The number of amides is 2. The molecule has 1 saturated heterocycles. The van der Waals surface area contributed by atoms with Gasteiger partial charge in [0.2, 0.25) is 11.8 Å². The molecule has 116 valence electrons. The molecule has 4 nitrogen and oxygen atoms in total. The van der Waals surface area contributed by atoms with Crippen LogP contribution in [0, 0.1) is 17.8 Å². The maximum Gasteiger partial charge on any atom is 0.248 e. The summed E-state index contributed by atoms with van der Waals surface area (Å²) in [5.74, 6) is 1.41. The predicted molar refractivity (Wildman–Crippen MR) is 81.2 cm³/mol. The first-order valence-electron chi connectivity index (χ1n) is 7.74. The molecule has 1 aliphatic heterocycles. The van der Waals surface area contributed by atoms with Crippen LogP contribution in [0.2, 0.25) is 0 Å². The lowest BCUT2D eigenvalue weighted by Gasteiger charge is -2.45. The summed E-state index contributed by atoms with van der Waals surface area (Å²) in [7, 11) is 0. The summed E-state index contributed by atoms with van der Waals surface area (Å²) in [5.41, 5.74) is -0.790. The van der Waals surface area contributed by atoms with Gasteiger partial charge in [0.1, 0.15) is 11.6 Å². The first kappa shape index (κ1) is 17.0. The van der Waals surface area contributed by atoms with Crippen LogP contribution in [0.3, 0.4) is 0 Å². The van der Waals surface area contributed by atoms with E-state index < -0.39 is 5.54 Å². The molecule has 1 rings (SSSR count).